The summed E-state index contributed by atoms with van der Waals surface area (Å²) in [5.41, 5.74) is 1.80. The molecule has 1 nitrogen and oxygen atoms in total. The lowest BCUT2D eigenvalue weighted by Gasteiger charge is -1.94. The van der Waals surface area contributed by atoms with Gasteiger partial charge in [-0.1, -0.05) is 15.9 Å². The van der Waals surface area contributed by atoms with E-state index < -0.39 is 0 Å². The molecule has 0 saturated heterocycles. The molecule has 2 heteroatoms. The second-order valence-corrected chi connectivity index (χ2v) is 2.83. The molecule has 0 amide bonds. The van der Waals surface area contributed by atoms with Crippen LogP contribution in [0.1, 0.15) is 11.4 Å². The van der Waals surface area contributed by atoms with Crippen molar-refractivity contribution in [2.24, 2.45) is 0 Å². The van der Waals surface area contributed by atoms with Gasteiger partial charge in [0.2, 0.25) is 0 Å². The maximum atomic E-state index is 4.09. The second-order valence-electron chi connectivity index (χ2n) is 1.92. The Bertz CT molecular complexity index is 170. The molecule has 0 spiro atoms. The molecule has 1 aromatic rings. The highest BCUT2D eigenvalue weighted by Crippen LogP contribution is 2.10. The topological polar surface area (TPSA) is 12.9 Å². The molecule has 1 heterocycles. The minimum absolute atomic E-state index is 0.807. The maximum Gasteiger partial charge on any atom is 0.0421 e. The first-order valence-electron chi connectivity index (χ1n) is 2.64. The van der Waals surface area contributed by atoms with Crippen LogP contribution in [0.25, 0.3) is 0 Å². The smallest absolute Gasteiger partial charge is 0.0421 e. The fourth-order valence-corrected chi connectivity index (χ4v) is 1.29. The maximum absolute atomic E-state index is 4.09. The Morgan fingerprint density at radius 2 is 2.22 bits per heavy atom. The highest BCUT2D eigenvalue weighted by atomic mass is 79.9. The molecule has 1 rings (SSSR count). The standard InChI is InChI=1S/C7H7BrN/c1-5-3-7(8)4-6(2)9-5/h3-4H,1H2,2H3. The lowest BCUT2D eigenvalue weighted by atomic mass is 10.3. The second kappa shape index (κ2) is 2.48. The molecule has 1 radical (unpaired) electrons. The molecule has 0 aliphatic rings. The molecule has 0 fully saturated rings. The third-order valence-corrected chi connectivity index (χ3v) is 1.43. The number of aryl methyl sites for hydroxylation is 1. The predicted molar refractivity (Wildman–Crippen MR) is 41.1 cm³/mol. The van der Waals surface area contributed by atoms with E-state index in [2.05, 4.69) is 27.8 Å². The molecule has 0 aliphatic heterocycles. The average molecular weight is 185 g/mol. The van der Waals surface area contributed by atoms with E-state index in [-0.39, 0.29) is 0 Å². The van der Waals surface area contributed by atoms with Gasteiger partial charge in [0.05, 0.1) is 0 Å². The number of halogens is 1. The van der Waals surface area contributed by atoms with E-state index in [9.17, 15) is 0 Å². The van der Waals surface area contributed by atoms with E-state index in [1.807, 2.05) is 19.1 Å². The van der Waals surface area contributed by atoms with Crippen molar-refractivity contribution >= 4 is 15.9 Å². The average Bonchev–Trinajstić information content (AvgIpc) is 1.59. The van der Waals surface area contributed by atoms with Crippen LogP contribution in [-0.4, -0.2) is 4.98 Å². The van der Waals surface area contributed by atoms with Crippen molar-refractivity contribution in [1.82, 2.24) is 4.98 Å². The summed E-state index contributed by atoms with van der Waals surface area (Å²) in [7, 11) is 0. The lowest BCUT2D eigenvalue weighted by molar-refractivity contribution is 1.16. The van der Waals surface area contributed by atoms with Gasteiger partial charge in [0.25, 0.3) is 0 Å². The summed E-state index contributed by atoms with van der Waals surface area (Å²) in [6.45, 7) is 5.64. The number of aromatic nitrogens is 1. The zero-order chi connectivity index (χ0) is 6.85. The van der Waals surface area contributed by atoms with Gasteiger partial charge in [0.1, 0.15) is 0 Å². The van der Waals surface area contributed by atoms with Crippen molar-refractivity contribution < 1.29 is 0 Å². The van der Waals surface area contributed by atoms with Crippen molar-refractivity contribution in [3.63, 3.8) is 0 Å². The minimum atomic E-state index is 0.807. The molecule has 0 N–H and O–H groups in total. The zero-order valence-corrected chi connectivity index (χ0v) is 6.77. The van der Waals surface area contributed by atoms with Crippen LogP contribution < -0.4 is 0 Å². The van der Waals surface area contributed by atoms with Crippen molar-refractivity contribution in [2.75, 3.05) is 0 Å². The van der Waals surface area contributed by atoms with Crippen LogP contribution in [0.15, 0.2) is 16.6 Å². The Morgan fingerprint density at radius 3 is 2.67 bits per heavy atom. The Balaban J connectivity index is 3.17. The quantitative estimate of drug-likeness (QED) is 0.604. The van der Waals surface area contributed by atoms with Gasteiger partial charge in [-0.3, -0.25) is 4.98 Å². The number of pyridine rings is 1. The minimum Gasteiger partial charge on any atom is -0.258 e. The molecule has 9 heavy (non-hydrogen) atoms. The Labute approximate surface area is 63.2 Å². The number of rotatable bonds is 0. The molecule has 0 aliphatic carbocycles. The summed E-state index contributed by atoms with van der Waals surface area (Å²) in [6, 6.07) is 3.84. The number of nitrogens with zero attached hydrogens (tertiary/aromatic N) is 1. The van der Waals surface area contributed by atoms with Crippen molar-refractivity contribution in [2.45, 2.75) is 6.92 Å². The first-order valence-corrected chi connectivity index (χ1v) is 3.44. The highest BCUT2D eigenvalue weighted by Gasteiger charge is 1.90. The van der Waals surface area contributed by atoms with Crippen molar-refractivity contribution in [1.29, 1.82) is 0 Å². The summed E-state index contributed by atoms with van der Waals surface area (Å²) < 4.78 is 1.04. The Hall–Kier alpha value is -0.370. The van der Waals surface area contributed by atoms with Crippen LogP contribution in [0.4, 0.5) is 0 Å². The van der Waals surface area contributed by atoms with Crippen LogP contribution >= 0.6 is 15.9 Å². The molecule has 1 aromatic heterocycles. The van der Waals surface area contributed by atoms with Gasteiger partial charge in [-0.2, -0.15) is 0 Å². The van der Waals surface area contributed by atoms with Gasteiger partial charge in [-0.05, 0) is 26.0 Å². The highest BCUT2D eigenvalue weighted by molar-refractivity contribution is 9.10. The molecule has 0 aromatic carbocycles. The largest absolute Gasteiger partial charge is 0.258 e. The van der Waals surface area contributed by atoms with Gasteiger partial charge in [0.15, 0.2) is 0 Å². The molecule has 0 saturated carbocycles. The molecular weight excluding hydrogens is 178 g/mol. The normalized spacial score (nSPS) is 9.67. The van der Waals surface area contributed by atoms with Crippen LogP contribution in [-0.2, 0) is 0 Å². The van der Waals surface area contributed by atoms with E-state index in [0.717, 1.165) is 15.9 Å². The molecule has 0 bridgehead atoms. The third-order valence-electron chi connectivity index (χ3n) is 0.971. The summed E-state index contributed by atoms with van der Waals surface area (Å²) in [5, 5.41) is 0. The van der Waals surface area contributed by atoms with E-state index in [1.165, 1.54) is 0 Å². The first-order chi connectivity index (χ1) is 4.18. The summed E-state index contributed by atoms with van der Waals surface area (Å²) in [6.07, 6.45) is 0. The van der Waals surface area contributed by atoms with Gasteiger partial charge in [-0.25, -0.2) is 0 Å². The van der Waals surface area contributed by atoms with E-state index in [1.54, 1.807) is 0 Å². The number of hydrogen-bond acceptors (Lipinski definition) is 1. The summed E-state index contributed by atoms with van der Waals surface area (Å²) in [4.78, 5) is 4.09. The molecule has 0 unspecified atom stereocenters. The first kappa shape index (κ1) is 6.75. The van der Waals surface area contributed by atoms with E-state index >= 15 is 0 Å². The Kier molecular flexibility index (Phi) is 1.86. The fraction of sp³-hybridized carbons (Fsp3) is 0.143. The monoisotopic (exact) mass is 184 g/mol. The van der Waals surface area contributed by atoms with Crippen LogP contribution in [0, 0.1) is 13.8 Å². The zero-order valence-electron chi connectivity index (χ0n) is 5.19. The van der Waals surface area contributed by atoms with Crippen molar-refractivity contribution in [3.8, 4) is 0 Å². The van der Waals surface area contributed by atoms with E-state index in [4.69, 9.17) is 0 Å². The van der Waals surface area contributed by atoms with Crippen LogP contribution in [0.2, 0.25) is 0 Å². The van der Waals surface area contributed by atoms with Gasteiger partial charge in [0, 0.05) is 15.9 Å². The lowest BCUT2D eigenvalue weighted by Crippen LogP contribution is -1.83. The SMILES string of the molecule is [CH2]c1cc(Br)cc(C)n1. The molecular formula is C7H7BrN. The Morgan fingerprint density at radius 1 is 1.56 bits per heavy atom. The summed E-state index contributed by atoms with van der Waals surface area (Å²) >= 11 is 3.33. The number of hydrogen-bond donors (Lipinski definition) is 0. The van der Waals surface area contributed by atoms with Gasteiger partial charge >= 0.3 is 0 Å². The molecule has 47 valence electrons. The summed E-state index contributed by atoms with van der Waals surface area (Å²) in [5.74, 6) is 0. The molecule has 0 atom stereocenters. The van der Waals surface area contributed by atoms with Crippen LogP contribution in [0.3, 0.4) is 0 Å². The fourth-order valence-electron chi connectivity index (χ4n) is 0.691. The van der Waals surface area contributed by atoms with E-state index in [0.29, 0.717) is 0 Å². The third kappa shape index (κ3) is 1.79. The van der Waals surface area contributed by atoms with Crippen LogP contribution in [0.5, 0.6) is 0 Å². The van der Waals surface area contributed by atoms with Gasteiger partial charge < -0.3 is 0 Å². The van der Waals surface area contributed by atoms with Gasteiger partial charge in [-0.15, -0.1) is 0 Å². The predicted octanol–water partition coefficient (Wildman–Crippen LogP) is 2.33. The van der Waals surface area contributed by atoms with Crippen molar-refractivity contribution in [3.05, 3.63) is 34.9 Å².